The molecule has 1 amide bonds. The topological polar surface area (TPSA) is 42.7 Å². The average Bonchev–Trinajstić information content (AvgIpc) is 2.52. The quantitative estimate of drug-likeness (QED) is 0.341. The molecule has 22 heavy (non-hydrogen) atoms. The second-order valence-corrected chi connectivity index (χ2v) is 4.94. The first-order valence-electron chi connectivity index (χ1n) is 7.47. The number of aromatic nitrogens is 1. The largest absolute Gasteiger partial charge is 1.00 e. The molecule has 0 saturated heterocycles. The van der Waals surface area contributed by atoms with E-state index >= 15 is 0 Å². The molecule has 0 unspecified atom stereocenters. The summed E-state index contributed by atoms with van der Waals surface area (Å²) in [6.07, 6.45) is 6.58. The van der Waals surface area contributed by atoms with Crippen LogP contribution in [-0.2, 0) is 20.8 Å². The summed E-state index contributed by atoms with van der Waals surface area (Å²) in [5.41, 5.74) is 0. The van der Waals surface area contributed by atoms with Crippen LogP contribution in [0.1, 0.15) is 19.3 Å². The Hall–Kier alpha value is -0.980. The van der Waals surface area contributed by atoms with E-state index in [4.69, 9.17) is 9.47 Å². The first-order chi connectivity index (χ1) is 10.3. The molecule has 1 heterocycles. The van der Waals surface area contributed by atoms with Crippen LogP contribution in [0.4, 0.5) is 0 Å². The molecule has 0 fully saturated rings. The molecule has 1 aromatic rings. The van der Waals surface area contributed by atoms with Gasteiger partial charge in [0.15, 0.2) is 12.4 Å². The van der Waals surface area contributed by atoms with Gasteiger partial charge >= 0.3 is 0 Å². The van der Waals surface area contributed by atoms with Crippen LogP contribution in [0.3, 0.4) is 0 Å². The van der Waals surface area contributed by atoms with Crippen LogP contribution in [-0.4, -0.2) is 51.3 Å². The number of carbonyl (C=O) groups excluding carboxylic acids is 1. The number of hydrogen-bond acceptors (Lipinski definition) is 3. The van der Waals surface area contributed by atoms with Gasteiger partial charge in [0.25, 0.3) is 0 Å². The Bertz CT molecular complexity index is 382. The third-order valence-corrected chi connectivity index (χ3v) is 3.32. The number of pyridine rings is 1. The van der Waals surface area contributed by atoms with Crippen LogP contribution >= 0.6 is 0 Å². The summed E-state index contributed by atoms with van der Waals surface area (Å²) in [5.74, 6) is 0.183. The summed E-state index contributed by atoms with van der Waals surface area (Å²) in [5, 5.41) is 0. The van der Waals surface area contributed by atoms with Crippen LogP contribution in [0.25, 0.3) is 0 Å². The van der Waals surface area contributed by atoms with Crippen molar-refractivity contribution in [3.8, 4) is 0 Å². The second-order valence-electron chi connectivity index (χ2n) is 4.94. The summed E-state index contributed by atoms with van der Waals surface area (Å²) >= 11 is 0. The molecule has 0 atom stereocenters. The zero-order chi connectivity index (χ0) is 15.3. The summed E-state index contributed by atoms with van der Waals surface area (Å²) in [4.78, 5) is 14.0. The van der Waals surface area contributed by atoms with Gasteiger partial charge in [-0.1, -0.05) is 6.07 Å². The lowest BCUT2D eigenvalue weighted by atomic mass is 10.2. The SMILES string of the molecule is COCCN(CCOC)C(=O)CCCC[n+]1ccccc1.[Br-]. The Balaban J connectivity index is 0.00000441. The Kier molecular flexibility index (Phi) is 13.1. The predicted octanol–water partition coefficient (Wildman–Crippen LogP) is -1.73. The third-order valence-electron chi connectivity index (χ3n) is 3.32. The zero-order valence-electron chi connectivity index (χ0n) is 13.5. The fraction of sp³-hybridized carbons (Fsp3) is 0.625. The van der Waals surface area contributed by atoms with E-state index in [-0.39, 0.29) is 22.9 Å². The molecule has 0 aromatic carbocycles. The van der Waals surface area contributed by atoms with Gasteiger partial charge in [-0.05, 0) is 6.42 Å². The average molecular weight is 375 g/mol. The monoisotopic (exact) mass is 374 g/mol. The van der Waals surface area contributed by atoms with E-state index in [9.17, 15) is 4.79 Å². The van der Waals surface area contributed by atoms with Gasteiger partial charge in [-0.25, -0.2) is 4.57 Å². The van der Waals surface area contributed by atoms with Crippen molar-refractivity contribution < 1.29 is 35.8 Å². The number of hydrogen-bond donors (Lipinski definition) is 0. The molecule has 0 spiro atoms. The Morgan fingerprint density at radius 2 is 1.59 bits per heavy atom. The molecule has 5 nitrogen and oxygen atoms in total. The number of carbonyl (C=O) groups is 1. The molecule has 0 saturated carbocycles. The smallest absolute Gasteiger partial charge is 0.222 e. The predicted molar refractivity (Wildman–Crippen MR) is 80.8 cm³/mol. The van der Waals surface area contributed by atoms with E-state index in [2.05, 4.69) is 4.57 Å². The van der Waals surface area contributed by atoms with Crippen LogP contribution in [0.15, 0.2) is 30.6 Å². The van der Waals surface area contributed by atoms with Crippen molar-refractivity contribution in [3.05, 3.63) is 30.6 Å². The van der Waals surface area contributed by atoms with Gasteiger partial charge in [0.1, 0.15) is 6.54 Å². The highest BCUT2D eigenvalue weighted by atomic mass is 79.9. The van der Waals surface area contributed by atoms with Gasteiger partial charge in [-0.2, -0.15) is 0 Å². The number of nitrogens with zero attached hydrogens (tertiary/aromatic N) is 2. The minimum atomic E-state index is 0. The summed E-state index contributed by atoms with van der Waals surface area (Å²) in [6, 6.07) is 6.04. The van der Waals surface area contributed by atoms with Crippen molar-refractivity contribution in [1.82, 2.24) is 4.90 Å². The van der Waals surface area contributed by atoms with Crippen molar-refractivity contribution in [3.63, 3.8) is 0 Å². The molecule has 0 aliphatic heterocycles. The normalized spacial score (nSPS) is 10.1. The zero-order valence-corrected chi connectivity index (χ0v) is 15.1. The standard InChI is InChI=1S/C16H27N2O3.BrH/c1-20-14-12-18(13-15-21-2)16(19)8-4-7-11-17-9-5-3-6-10-17;/h3,5-6,9-10H,4,7-8,11-15H2,1-2H3;1H/q+1;/p-1. The van der Waals surface area contributed by atoms with Crippen molar-refractivity contribution in [2.75, 3.05) is 40.5 Å². The van der Waals surface area contributed by atoms with Gasteiger partial charge < -0.3 is 31.4 Å². The molecule has 1 aromatic heterocycles. The summed E-state index contributed by atoms with van der Waals surface area (Å²) in [6.45, 7) is 3.34. The van der Waals surface area contributed by atoms with E-state index in [1.54, 1.807) is 14.2 Å². The van der Waals surface area contributed by atoms with E-state index in [0.29, 0.717) is 32.7 Å². The maximum absolute atomic E-state index is 12.2. The molecular weight excluding hydrogens is 348 g/mol. The molecule has 6 heteroatoms. The van der Waals surface area contributed by atoms with Gasteiger partial charge in [-0.3, -0.25) is 4.79 Å². The lowest BCUT2D eigenvalue weighted by molar-refractivity contribution is -0.697. The lowest BCUT2D eigenvalue weighted by Gasteiger charge is -2.21. The maximum atomic E-state index is 12.2. The number of unbranched alkanes of at least 4 members (excludes halogenated alkanes) is 1. The molecule has 0 aliphatic carbocycles. The maximum Gasteiger partial charge on any atom is 0.222 e. The number of halogens is 1. The second kappa shape index (κ2) is 13.7. The summed E-state index contributed by atoms with van der Waals surface area (Å²) in [7, 11) is 3.30. The number of rotatable bonds is 11. The van der Waals surface area contributed by atoms with Gasteiger partial charge in [0.05, 0.1) is 13.2 Å². The Morgan fingerprint density at radius 3 is 2.14 bits per heavy atom. The molecular formula is C16H27BrN2O3. The minimum absolute atomic E-state index is 0. The highest BCUT2D eigenvalue weighted by Crippen LogP contribution is 2.02. The van der Waals surface area contributed by atoms with E-state index in [0.717, 1.165) is 19.4 Å². The summed E-state index contributed by atoms with van der Waals surface area (Å²) < 4.78 is 12.2. The lowest BCUT2D eigenvalue weighted by Crippen LogP contribution is -3.00. The molecule has 0 N–H and O–H groups in total. The molecule has 0 bridgehead atoms. The first-order valence-corrected chi connectivity index (χ1v) is 7.47. The first kappa shape index (κ1) is 21.0. The van der Waals surface area contributed by atoms with Gasteiger partial charge in [0.2, 0.25) is 5.91 Å². The Morgan fingerprint density at radius 1 is 1.00 bits per heavy atom. The van der Waals surface area contributed by atoms with Crippen LogP contribution in [0.2, 0.25) is 0 Å². The number of aryl methyl sites for hydroxylation is 1. The van der Waals surface area contributed by atoms with Gasteiger partial charge in [0, 0.05) is 52.3 Å². The van der Waals surface area contributed by atoms with Crippen LogP contribution < -0.4 is 21.5 Å². The van der Waals surface area contributed by atoms with Crippen molar-refractivity contribution >= 4 is 5.91 Å². The Labute approximate surface area is 144 Å². The molecule has 1 rings (SSSR count). The van der Waals surface area contributed by atoms with E-state index in [1.165, 1.54) is 0 Å². The van der Waals surface area contributed by atoms with Crippen LogP contribution in [0, 0.1) is 0 Å². The highest BCUT2D eigenvalue weighted by molar-refractivity contribution is 5.76. The number of methoxy groups -OCH3 is 2. The van der Waals surface area contributed by atoms with E-state index in [1.807, 2.05) is 35.5 Å². The van der Waals surface area contributed by atoms with E-state index < -0.39 is 0 Å². The van der Waals surface area contributed by atoms with Gasteiger partial charge in [-0.15, -0.1) is 0 Å². The minimum Gasteiger partial charge on any atom is -1.00 e. The number of ether oxygens (including phenoxy) is 2. The molecule has 126 valence electrons. The van der Waals surface area contributed by atoms with Crippen molar-refractivity contribution in [1.29, 1.82) is 0 Å². The van der Waals surface area contributed by atoms with Crippen LogP contribution in [0.5, 0.6) is 0 Å². The third kappa shape index (κ3) is 9.12. The fourth-order valence-corrected chi connectivity index (χ4v) is 2.08. The van der Waals surface area contributed by atoms with Crippen molar-refractivity contribution in [2.24, 2.45) is 0 Å². The fourth-order valence-electron chi connectivity index (χ4n) is 2.08. The highest BCUT2D eigenvalue weighted by Gasteiger charge is 2.12. The number of amides is 1. The molecule has 0 aliphatic rings. The van der Waals surface area contributed by atoms with Crippen molar-refractivity contribution in [2.45, 2.75) is 25.8 Å². The molecule has 0 radical (unpaired) electrons.